The van der Waals surface area contributed by atoms with Gasteiger partial charge in [0.15, 0.2) is 11.5 Å². The molecule has 2 heterocycles. The van der Waals surface area contributed by atoms with Crippen molar-refractivity contribution in [2.24, 2.45) is 5.92 Å². The lowest BCUT2D eigenvalue weighted by Gasteiger charge is -2.13. The van der Waals surface area contributed by atoms with Crippen molar-refractivity contribution in [3.05, 3.63) is 53.9 Å². The molecule has 1 amide bonds. The standard InChI is InChI=1S/C22H23N5O/c1-13(2)11-20(28)23-19-12-16(10-9-14(19)3)21-17-7-5-6-8-18(17)22-25-24-15(4)27(22)26-21/h5-10,12-13H,11H2,1-4H3,(H,23,28). The molecule has 142 valence electrons. The Balaban J connectivity index is 1.86. The lowest BCUT2D eigenvalue weighted by Crippen LogP contribution is -2.14. The molecule has 0 aliphatic rings. The summed E-state index contributed by atoms with van der Waals surface area (Å²) in [6.45, 7) is 7.96. The fourth-order valence-corrected chi connectivity index (χ4v) is 3.37. The maximum Gasteiger partial charge on any atom is 0.224 e. The SMILES string of the molecule is Cc1ccc(-c2nn3c(C)nnc3c3ccccc23)cc1NC(=O)CC(C)C. The number of nitrogens with one attached hydrogen (secondary N) is 1. The fourth-order valence-electron chi connectivity index (χ4n) is 3.37. The summed E-state index contributed by atoms with van der Waals surface area (Å²) in [5.74, 6) is 1.07. The monoisotopic (exact) mass is 373 g/mol. The third-order valence-corrected chi connectivity index (χ3v) is 4.80. The van der Waals surface area contributed by atoms with Crippen LogP contribution in [0.15, 0.2) is 42.5 Å². The van der Waals surface area contributed by atoms with E-state index in [0.29, 0.717) is 12.3 Å². The summed E-state index contributed by atoms with van der Waals surface area (Å²) < 4.78 is 1.77. The van der Waals surface area contributed by atoms with Crippen molar-refractivity contribution >= 4 is 28.0 Å². The zero-order valence-electron chi connectivity index (χ0n) is 16.5. The number of amides is 1. The number of hydrogen-bond donors (Lipinski definition) is 1. The first-order valence-corrected chi connectivity index (χ1v) is 9.45. The number of nitrogens with zero attached hydrogens (tertiary/aromatic N) is 4. The topological polar surface area (TPSA) is 72.2 Å². The smallest absolute Gasteiger partial charge is 0.224 e. The molecule has 0 aliphatic carbocycles. The van der Waals surface area contributed by atoms with E-state index >= 15 is 0 Å². The number of carbonyl (C=O) groups excluding carboxylic acids is 1. The zero-order chi connectivity index (χ0) is 19.8. The van der Waals surface area contributed by atoms with Crippen LogP contribution in [-0.2, 0) is 4.79 Å². The summed E-state index contributed by atoms with van der Waals surface area (Å²) in [6, 6.07) is 14.1. The summed E-state index contributed by atoms with van der Waals surface area (Å²) >= 11 is 0. The van der Waals surface area contributed by atoms with Crippen molar-refractivity contribution < 1.29 is 4.79 Å². The highest BCUT2D eigenvalue weighted by atomic mass is 16.1. The van der Waals surface area contributed by atoms with E-state index in [9.17, 15) is 4.79 Å². The van der Waals surface area contributed by atoms with Crippen LogP contribution in [0.2, 0.25) is 0 Å². The number of fused-ring (bicyclic) bond motifs is 3. The van der Waals surface area contributed by atoms with E-state index in [1.165, 1.54) is 0 Å². The van der Waals surface area contributed by atoms with Gasteiger partial charge >= 0.3 is 0 Å². The van der Waals surface area contributed by atoms with Crippen molar-refractivity contribution in [3.63, 3.8) is 0 Å². The van der Waals surface area contributed by atoms with Gasteiger partial charge in [-0.15, -0.1) is 10.2 Å². The molecule has 1 N–H and O–H groups in total. The second-order valence-corrected chi connectivity index (χ2v) is 7.55. The number of carbonyl (C=O) groups is 1. The normalized spacial score (nSPS) is 11.5. The zero-order valence-corrected chi connectivity index (χ0v) is 16.5. The first-order chi connectivity index (χ1) is 13.4. The van der Waals surface area contributed by atoms with E-state index in [0.717, 1.165) is 44.8 Å². The summed E-state index contributed by atoms with van der Waals surface area (Å²) in [7, 11) is 0. The minimum atomic E-state index is 0.0261. The Hall–Kier alpha value is -3.28. The van der Waals surface area contributed by atoms with Gasteiger partial charge in [0.25, 0.3) is 0 Å². The van der Waals surface area contributed by atoms with Crippen molar-refractivity contribution in [1.29, 1.82) is 0 Å². The fraction of sp³-hybridized carbons (Fsp3) is 0.273. The average Bonchev–Trinajstić information content (AvgIpc) is 3.03. The molecular weight excluding hydrogens is 350 g/mol. The van der Waals surface area contributed by atoms with Gasteiger partial charge in [-0.3, -0.25) is 4.79 Å². The maximum absolute atomic E-state index is 12.3. The Morgan fingerprint density at radius 3 is 2.57 bits per heavy atom. The molecule has 0 unspecified atom stereocenters. The Morgan fingerprint density at radius 2 is 1.82 bits per heavy atom. The van der Waals surface area contributed by atoms with Gasteiger partial charge in [-0.1, -0.05) is 50.2 Å². The second-order valence-electron chi connectivity index (χ2n) is 7.55. The van der Waals surface area contributed by atoms with E-state index in [1.54, 1.807) is 4.52 Å². The molecule has 0 radical (unpaired) electrons. The Bertz CT molecular complexity index is 1190. The molecule has 0 saturated heterocycles. The molecule has 6 heteroatoms. The van der Waals surface area contributed by atoms with E-state index in [-0.39, 0.29) is 5.91 Å². The van der Waals surface area contributed by atoms with Crippen LogP contribution >= 0.6 is 0 Å². The molecule has 2 aromatic heterocycles. The summed E-state index contributed by atoms with van der Waals surface area (Å²) in [5.41, 5.74) is 4.36. The molecule has 0 aliphatic heterocycles. The molecule has 0 spiro atoms. The highest BCUT2D eigenvalue weighted by Crippen LogP contribution is 2.31. The van der Waals surface area contributed by atoms with Crippen molar-refractivity contribution in [2.75, 3.05) is 5.32 Å². The van der Waals surface area contributed by atoms with Gasteiger partial charge in [-0.2, -0.15) is 9.61 Å². The van der Waals surface area contributed by atoms with Gasteiger partial charge in [0.05, 0.1) is 5.69 Å². The molecule has 4 rings (SSSR count). The largest absolute Gasteiger partial charge is 0.326 e. The molecular formula is C22H23N5O. The van der Waals surface area contributed by atoms with Crippen molar-refractivity contribution in [1.82, 2.24) is 19.8 Å². The molecule has 0 fully saturated rings. The Kier molecular flexibility index (Phi) is 4.55. The summed E-state index contributed by atoms with van der Waals surface area (Å²) in [6.07, 6.45) is 0.497. The first-order valence-electron chi connectivity index (χ1n) is 9.45. The first kappa shape index (κ1) is 18.1. The Morgan fingerprint density at radius 1 is 1.07 bits per heavy atom. The van der Waals surface area contributed by atoms with Gasteiger partial charge < -0.3 is 5.32 Å². The van der Waals surface area contributed by atoms with Crippen LogP contribution in [0.4, 0.5) is 5.69 Å². The third kappa shape index (κ3) is 3.22. The van der Waals surface area contributed by atoms with Crippen molar-refractivity contribution in [3.8, 4) is 11.3 Å². The van der Waals surface area contributed by atoms with E-state index in [1.807, 2.05) is 70.2 Å². The number of aromatic nitrogens is 4. The van der Waals surface area contributed by atoms with E-state index < -0.39 is 0 Å². The quantitative estimate of drug-likeness (QED) is 0.570. The van der Waals surface area contributed by atoms with Crippen LogP contribution in [0.3, 0.4) is 0 Å². The van der Waals surface area contributed by atoms with Crippen LogP contribution in [0.25, 0.3) is 27.7 Å². The van der Waals surface area contributed by atoms with Crippen LogP contribution in [0.5, 0.6) is 0 Å². The van der Waals surface area contributed by atoms with Gasteiger partial charge in [0, 0.05) is 28.4 Å². The van der Waals surface area contributed by atoms with Crippen molar-refractivity contribution in [2.45, 2.75) is 34.1 Å². The molecule has 28 heavy (non-hydrogen) atoms. The molecule has 0 bridgehead atoms. The number of hydrogen-bond acceptors (Lipinski definition) is 4. The second kappa shape index (κ2) is 7.03. The van der Waals surface area contributed by atoms with Crippen LogP contribution in [0, 0.1) is 19.8 Å². The van der Waals surface area contributed by atoms with Gasteiger partial charge in [-0.25, -0.2) is 0 Å². The number of aryl methyl sites for hydroxylation is 2. The molecule has 2 aromatic carbocycles. The van der Waals surface area contributed by atoms with Crippen LogP contribution < -0.4 is 5.32 Å². The molecule has 4 aromatic rings. The molecule has 0 atom stereocenters. The lowest BCUT2D eigenvalue weighted by molar-refractivity contribution is -0.116. The number of rotatable bonds is 4. The van der Waals surface area contributed by atoms with Crippen LogP contribution in [0.1, 0.15) is 31.7 Å². The van der Waals surface area contributed by atoms with E-state index in [2.05, 4.69) is 15.5 Å². The van der Waals surface area contributed by atoms with Gasteiger partial charge in [0.2, 0.25) is 5.91 Å². The lowest BCUT2D eigenvalue weighted by atomic mass is 10.0. The number of benzene rings is 2. The minimum Gasteiger partial charge on any atom is -0.326 e. The van der Waals surface area contributed by atoms with E-state index in [4.69, 9.17) is 5.10 Å². The minimum absolute atomic E-state index is 0.0261. The summed E-state index contributed by atoms with van der Waals surface area (Å²) in [5, 5.41) is 18.3. The molecule has 0 saturated carbocycles. The van der Waals surface area contributed by atoms with Gasteiger partial charge in [0.1, 0.15) is 0 Å². The third-order valence-electron chi connectivity index (χ3n) is 4.80. The summed E-state index contributed by atoms with van der Waals surface area (Å²) in [4.78, 5) is 12.3. The average molecular weight is 373 g/mol. The molecule has 6 nitrogen and oxygen atoms in total. The predicted molar refractivity (Wildman–Crippen MR) is 111 cm³/mol. The number of anilines is 1. The highest BCUT2D eigenvalue weighted by Gasteiger charge is 2.15. The maximum atomic E-state index is 12.3. The predicted octanol–water partition coefficient (Wildman–Crippen LogP) is 4.55. The Labute approximate surface area is 163 Å². The highest BCUT2D eigenvalue weighted by molar-refractivity contribution is 6.02. The van der Waals surface area contributed by atoms with Gasteiger partial charge in [-0.05, 0) is 31.4 Å². The van der Waals surface area contributed by atoms with Crippen LogP contribution in [-0.4, -0.2) is 25.7 Å².